The normalized spacial score (nSPS) is 15.2. The monoisotopic (exact) mass is 495 g/mol. The van der Waals surface area contributed by atoms with Crippen molar-refractivity contribution < 1.29 is 14.3 Å². The van der Waals surface area contributed by atoms with Crippen molar-refractivity contribution in [3.8, 4) is 11.5 Å². The Balaban J connectivity index is 1.62. The summed E-state index contributed by atoms with van der Waals surface area (Å²) in [6.45, 7) is 10.9. The second-order valence-corrected chi connectivity index (χ2v) is 10.1. The number of esters is 1. The summed E-state index contributed by atoms with van der Waals surface area (Å²) in [5.74, 6) is 1.64. The van der Waals surface area contributed by atoms with E-state index in [1.807, 2.05) is 18.2 Å². The molecule has 0 saturated carbocycles. The van der Waals surface area contributed by atoms with Crippen molar-refractivity contribution in [2.24, 2.45) is 0 Å². The zero-order valence-electron chi connectivity index (χ0n) is 22.1. The summed E-state index contributed by atoms with van der Waals surface area (Å²) in [7, 11) is 0. The molecular weight excluding hydrogens is 460 g/mol. The number of carbonyl (C=O) groups is 1. The van der Waals surface area contributed by atoms with Crippen LogP contribution in [0, 0.1) is 0 Å². The van der Waals surface area contributed by atoms with Crippen molar-refractivity contribution in [3.05, 3.63) is 86.9 Å². The Hall–Kier alpha value is -3.60. The topological polar surface area (TPSA) is 41.8 Å². The van der Waals surface area contributed by atoms with Gasteiger partial charge in [0.1, 0.15) is 24.6 Å². The Kier molecular flexibility index (Phi) is 6.23. The molecule has 3 aliphatic heterocycles. The number of rotatable bonds is 7. The van der Waals surface area contributed by atoms with Gasteiger partial charge in [-0.25, -0.2) is 9.37 Å². The molecule has 0 bridgehead atoms. The van der Waals surface area contributed by atoms with Crippen LogP contribution in [-0.4, -0.2) is 38.8 Å². The minimum Gasteiger partial charge on any atom is -0.462 e. The summed E-state index contributed by atoms with van der Waals surface area (Å²) in [4.78, 5) is 15.7. The Morgan fingerprint density at radius 2 is 1.84 bits per heavy atom. The first-order valence-corrected chi connectivity index (χ1v) is 13.8. The van der Waals surface area contributed by atoms with Gasteiger partial charge < -0.3 is 14.4 Å². The van der Waals surface area contributed by atoms with E-state index < -0.39 is 0 Å². The van der Waals surface area contributed by atoms with E-state index in [4.69, 9.17) is 9.47 Å². The lowest BCUT2D eigenvalue weighted by atomic mass is 9.87. The fourth-order valence-corrected chi connectivity index (χ4v) is 6.13. The van der Waals surface area contributed by atoms with Gasteiger partial charge in [-0.1, -0.05) is 31.5 Å². The highest BCUT2D eigenvalue weighted by atomic mass is 16.5. The van der Waals surface area contributed by atoms with Gasteiger partial charge in [0.25, 0.3) is 0 Å². The van der Waals surface area contributed by atoms with Crippen LogP contribution in [0.25, 0.3) is 5.57 Å². The van der Waals surface area contributed by atoms with Crippen LogP contribution in [-0.2, 0) is 17.6 Å². The fraction of sp³-hybridized carbons (Fsp3) is 0.375. The molecule has 0 aromatic heterocycles. The summed E-state index contributed by atoms with van der Waals surface area (Å²) in [5.41, 5.74) is 7.45. The second-order valence-electron chi connectivity index (χ2n) is 10.1. The van der Waals surface area contributed by atoms with Gasteiger partial charge in [-0.05, 0) is 56.5 Å². The first-order valence-electron chi connectivity index (χ1n) is 13.8. The standard InChI is InChI=1S/C32H35N2O3/c1-4-7-20-36-32(35)22-11-9-8-10-21(22)29-25-12-14-27-23(16-18-33(27)5-2)30(25)37-31-24-17-19-34(6-3)28(24)15-13-26(29)31/h8-15H,4-7,16-20H2,1-3H3/q+1. The minimum absolute atomic E-state index is 0.261. The van der Waals surface area contributed by atoms with E-state index in [9.17, 15) is 4.79 Å². The Morgan fingerprint density at radius 1 is 0.973 bits per heavy atom. The van der Waals surface area contributed by atoms with Gasteiger partial charge in [0.2, 0.25) is 5.36 Å². The van der Waals surface area contributed by atoms with Crippen molar-refractivity contribution in [1.82, 2.24) is 4.58 Å². The summed E-state index contributed by atoms with van der Waals surface area (Å²) in [5, 5.41) is 2.32. The molecule has 0 unspecified atom stereocenters. The lowest BCUT2D eigenvalue weighted by Crippen LogP contribution is -2.29. The van der Waals surface area contributed by atoms with Crippen molar-refractivity contribution in [1.29, 1.82) is 0 Å². The lowest BCUT2D eigenvalue weighted by Gasteiger charge is -2.26. The second kappa shape index (κ2) is 9.70. The third-order valence-corrected chi connectivity index (χ3v) is 8.07. The maximum absolute atomic E-state index is 13.3. The van der Waals surface area contributed by atoms with Crippen LogP contribution in [0.2, 0.25) is 0 Å². The number of benzene rings is 3. The Labute approximate surface area is 218 Å². The minimum atomic E-state index is -0.261. The SMILES string of the molecule is CCCCOC(=O)c1ccccc1C1=c2ccc3c(c2Oc2c1ccc1c2CCN1CC)CC[N+]=3CC. The van der Waals surface area contributed by atoms with Gasteiger partial charge in [0.05, 0.1) is 17.7 Å². The first-order chi connectivity index (χ1) is 18.2. The molecule has 0 atom stereocenters. The van der Waals surface area contributed by atoms with Gasteiger partial charge in [-0.3, -0.25) is 0 Å². The number of ether oxygens (including phenoxy) is 2. The maximum atomic E-state index is 13.3. The molecule has 5 heteroatoms. The predicted molar refractivity (Wildman–Crippen MR) is 147 cm³/mol. The molecule has 0 aliphatic carbocycles. The third kappa shape index (κ3) is 3.83. The third-order valence-electron chi connectivity index (χ3n) is 8.07. The molecule has 0 N–H and O–H groups in total. The smallest absolute Gasteiger partial charge is 0.338 e. The van der Waals surface area contributed by atoms with E-state index in [2.05, 4.69) is 60.6 Å². The largest absolute Gasteiger partial charge is 0.462 e. The number of nitrogens with zero attached hydrogens (tertiary/aromatic N) is 2. The highest BCUT2D eigenvalue weighted by Crippen LogP contribution is 2.45. The van der Waals surface area contributed by atoms with Crippen molar-refractivity contribution in [2.75, 3.05) is 37.7 Å². The molecule has 0 saturated heterocycles. The molecule has 5 nitrogen and oxygen atoms in total. The lowest BCUT2D eigenvalue weighted by molar-refractivity contribution is 0.0499. The molecule has 0 amide bonds. The number of hydrogen-bond donors (Lipinski definition) is 0. The van der Waals surface area contributed by atoms with Crippen molar-refractivity contribution in [2.45, 2.75) is 46.5 Å². The van der Waals surface area contributed by atoms with E-state index in [1.165, 1.54) is 22.2 Å². The Morgan fingerprint density at radius 3 is 2.65 bits per heavy atom. The molecule has 37 heavy (non-hydrogen) atoms. The van der Waals surface area contributed by atoms with E-state index in [0.29, 0.717) is 12.2 Å². The van der Waals surface area contributed by atoms with Crippen molar-refractivity contribution >= 4 is 17.2 Å². The predicted octanol–water partition coefficient (Wildman–Crippen LogP) is 4.45. The van der Waals surface area contributed by atoms with E-state index in [1.54, 1.807) is 0 Å². The van der Waals surface area contributed by atoms with Gasteiger partial charge in [0, 0.05) is 53.2 Å². The van der Waals surface area contributed by atoms with Gasteiger partial charge >= 0.3 is 5.97 Å². The quantitative estimate of drug-likeness (QED) is 0.216. The molecule has 190 valence electrons. The summed E-state index contributed by atoms with van der Waals surface area (Å²) >= 11 is 0. The molecule has 0 fully saturated rings. The summed E-state index contributed by atoms with van der Waals surface area (Å²) in [6, 6.07) is 16.7. The number of unbranched alkanes of at least 4 members (excludes halogenated alkanes) is 1. The molecule has 3 aromatic rings. The highest BCUT2D eigenvalue weighted by molar-refractivity contribution is 5.99. The molecule has 0 radical (unpaired) electrons. The zero-order valence-corrected chi connectivity index (χ0v) is 22.1. The van der Waals surface area contributed by atoms with E-state index in [0.717, 1.165) is 85.3 Å². The number of likely N-dealkylation sites (N-methyl/N-ethyl adjacent to an activating group) is 2. The van der Waals surface area contributed by atoms with Crippen LogP contribution in [0.1, 0.15) is 66.2 Å². The highest BCUT2D eigenvalue weighted by Gasteiger charge is 2.33. The van der Waals surface area contributed by atoms with Crippen LogP contribution in [0.3, 0.4) is 0 Å². The van der Waals surface area contributed by atoms with E-state index >= 15 is 0 Å². The molecule has 0 spiro atoms. The van der Waals surface area contributed by atoms with Crippen LogP contribution in [0.4, 0.5) is 5.69 Å². The van der Waals surface area contributed by atoms with Crippen LogP contribution in [0.5, 0.6) is 11.5 Å². The molecular formula is C32H35N2O3+. The maximum Gasteiger partial charge on any atom is 0.338 e. The van der Waals surface area contributed by atoms with Crippen LogP contribution < -0.4 is 24.8 Å². The van der Waals surface area contributed by atoms with Gasteiger partial charge in [-0.15, -0.1) is 0 Å². The van der Waals surface area contributed by atoms with Gasteiger partial charge in [0.15, 0.2) is 0 Å². The number of hydrogen-bond acceptors (Lipinski definition) is 4. The van der Waals surface area contributed by atoms with E-state index in [-0.39, 0.29) is 5.97 Å². The molecule has 3 aromatic carbocycles. The van der Waals surface area contributed by atoms with Crippen LogP contribution >= 0.6 is 0 Å². The first kappa shape index (κ1) is 23.8. The van der Waals surface area contributed by atoms with Crippen molar-refractivity contribution in [3.63, 3.8) is 0 Å². The zero-order chi connectivity index (χ0) is 25.5. The Bertz CT molecular complexity index is 1520. The van der Waals surface area contributed by atoms with Crippen LogP contribution in [0.15, 0.2) is 48.5 Å². The molecule has 3 heterocycles. The summed E-state index contributed by atoms with van der Waals surface area (Å²) < 4.78 is 15.0. The average Bonchev–Trinajstić information content (AvgIpc) is 3.56. The molecule has 3 aliphatic rings. The number of anilines is 1. The fourth-order valence-electron chi connectivity index (χ4n) is 6.13. The number of carbonyl (C=O) groups excluding carboxylic acids is 1. The van der Waals surface area contributed by atoms with Gasteiger partial charge in [-0.2, -0.15) is 0 Å². The average molecular weight is 496 g/mol. The molecule has 6 rings (SSSR count). The number of fused-ring (bicyclic) bond motifs is 6. The summed E-state index contributed by atoms with van der Waals surface area (Å²) in [6.07, 6.45) is 3.78.